The number of carbonyl (C=O) groups excluding carboxylic acids is 2. The summed E-state index contributed by atoms with van der Waals surface area (Å²) >= 11 is 0. The molecule has 11 heteroatoms. The average molecular weight is 335 g/mol. The molecule has 0 unspecified atom stereocenters. The van der Waals surface area contributed by atoms with Crippen LogP contribution in [0.25, 0.3) is 0 Å². The van der Waals surface area contributed by atoms with Gasteiger partial charge in [-0.1, -0.05) is 0 Å². The van der Waals surface area contributed by atoms with Gasteiger partial charge in [0.05, 0.1) is 11.9 Å². The van der Waals surface area contributed by atoms with Crippen LogP contribution >= 0.6 is 0 Å². The first kappa shape index (κ1) is 20.7. The van der Waals surface area contributed by atoms with E-state index in [9.17, 15) is 29.4 Å². The molecule has 0 aliphatic heterocycles. The maximum absolute atomic E-state index is 10.8. The summed E-state index contributed by atoms with van der Waals surface area (Å²) in [5.41, 5.74) is -0.527. The summed E-state index contributed by atoms with van der Waals surface area (Å²) in [5, 5.41) is 38.4. The Labute approximate surface area is 150 Å². The van der Waals surface area contributed by atoms with Gasteiger partial charge in [0, 0.05) is 11.6 Å². The normalized spacial score (nSPS) is 9.61. The van der Waals surface area contributed by atoms with Crippen molar-refractivity contribution in [1.82, 2.24) is 0 Å². The van der Waals surface area contributed by atoms with Crippen LogP contribution in [0.1, 0.15) is 10.4 Å². The van der Waals surface area contributed by atoms with E-state index in [1.807, 2.05) is 0 Å². The van der Waals surface area contributed by atoms with E-state index < -0.39 is 47.9 Å². The fourth-order valence-electron chi connectivity index (χ4n) is 1.33. The molecule has 0 heterocycles. The minimum absolute atomic E-state index is 0. The van der Waals surface area contributed by atoms with Crippen molar-refractivity contribution in [3.05, 3.63) is 23.8 Å². The van der Waals surface area contributed by atoms with Crippen molar-refractivity contribution in [2.75, 3.05) is 6.61 Å². The van der Waals surface area contributed by atoms with Gasteiger partial charge in [-0.05, 0) is 12.1 Å². The molecule has 0 amide bonds. The Morgan fingerprint density at radius 1 is 1.00 bits per heavy atom. The largest absolute Gasteiger partial charge is 1.00 e. The summed E-state index contributed by atoms with van der Waals surface area (Å²) in [4.78, 5) is 42.5. The molecule has 2 N–H and O–H groups in total. The zero-order valence-corrected chi connectivity index (χ0v) is 13.7. The molecular weight excluding hydrogens is 327 g/mol. The SMILES string of the molecule is O=C([O-])COc1cc(OC(C(=O)O)C(=O)O)cc(C(=O)[O-])c1.[Na+]. The van der Waals surface area contributed by atoms with Crippen molar-refractivity contribution in [1.29, 1.82) is 0 Å². The Kier molecular flexibility index (Phi) is 8.08. The molecule has 118 valence electrons. The molecule has 0 saturated heterocycles. The van der Waals surface area contributed by atoms with Crippen molar-refractivity contribution in [2.24, 2.45) is 0 Å². The van der Waals surface area contributed by atoms with Crippen LogP contribution in [0.3, 0.4) is 0 Å². The number of carbonyl (C=O) groups is 4. The van der Waals surface area contributed by atoms with Gasteiger partial charge in [0.15, 0.2) is 0 Å². The zero-order chi connectivity index (χ0) is 16.9. The molecule has 1 aromatic rings. The Bertz CT molecular complexity index is 612. The van der Waals surface area contributed by atoms with E-state index in [2.05, 4.69) is 9.47 Å². The van der Waals surface area contributed by atoms with E-state index >= 15 is 0 Å². The smallest absolute Gasteiger partial charge is 0.546 e. The number of aliphatic carboxylic acids is 3. The molecular formula is C12H8NaO10-. The van der Waals surface area contributed by atoms with Crippen LogP contribution in [-0.2, 0) is 14.4 Å². The van der Waals surface area contributed by atoms with E-state index in [1.165, 1.54) is 0 Å². The summed E-state index contributed by atoms with van der Waals surface area (Å²) in [6, 6.07) is 2.62. The van der Waals surface area contributed by atoms with E-state index in [0.717, 1.165) is 18.2 Å². The summed E-state index contributed by atoms with van der Waals surface area (Å²) < 4.78 is 9.32. The third-order valence-corrected chi connectivity index (χ3v) is 2.17. The molecule has 1 aromatic carbocycles. The van der Waals surface area contributed by atoms with Crippen molar-refractivity contribution < 1.29 is 78.6 Å². The minimum Gasteiger partial charge on any atom is -0.546 e. The van der Waals surface area contributed by atoms with Crippen LogP contribution in [0.5, 0.6) is 11.5 Å². The second-order valence-electron chi connectivity index (χ2n) is 3.82. The predicted molar refractivity (Wildman–Crippen MR) is 61.0 cm³/mol. The fourth-order valence-corrected chi connectivity index (χ4v) is 1.33. The summed E-state index contributed by atoms with van der Waals surface area (Å²) in [5.74, 6) is -7.69. The van der Waals surface area contributed by atoms with Crippen LogP contribution in [0.2, 0.25) is 0 Å². The first-order valence-electron chi connectivity index (χ1n) is 5.52. The maximum atomic E-state index is 10.8. The first-order valence-corrected chi connectivity index (χ1v) is 5.52. The molecule has 0 saturated carbocycles. The van der Waals surface area contributed by atoms with Crippen molar-refractivity contribution >= 4 is 23.9 Å². The Morgan fingerprint density at radius 3 is 1.96 bits per heavy atom. The van der Waals surface area contributed by atoms with Gasteiger partial charge >= 0.3 is 41.5 Å². The summed E-state index contributed by atoms with van der Waals surface area (Å²) in [6.45, 7) is -0.906. The van der Waals surface area contributed by atoms with Gasteiger partial charge in [-0.3, -0.25) is 0 Å². The molecule has 1 rings (SSSR count). The molecule has 0 aliphatic carbocycles. The van der Waals surface area contributed by atoms with Crippen LogP contribution in [0.15, 0.2) is 18.2 Å². The third-order valence-electron chi connectivity index (χ3n) is 2.17. The van der Waals surface area contributed by atoms with E-state index in [0.29, 0.717) is 0 Å². The third kappa shape index (κ3) is 6.55. The number of carboxylic acid groups (broad SMARTS) is 4. The molecule has 0 atom stereocenters. The van der Waals surface area contributed by atoms with Crippen molar-refractivity contribution in [3.63, 3.8) is 0 Å². The molecule has 0 aromatic heterocycles. The van der Waals surface area contributed by atoms with Crippen LogP contribution in [-0.4, -0.2) is 46.8 Å². The number of benzene rings is 1. The van der Waals surface area contributed by atoms with Gasteiger partial charge in [0.25, 0.3) is 6.10 Å². The Morgan fingerprint density at radius 2 is 1.52 bits per heavy atom. The summed E-state index contributed by atoms with van der Waals surface area (Å²) in [6.07, 6.45) is -2.29. The van der Waals surface area contributed by atoms with Crippen LogP contribution < -0.4 is 49.2 Å². The minimum atomic E-state index is -2.29. The number of rotatable bonds is 8. The van der Waals surface area contributed by atoms with E-state index in [4.69, 9.17) is 10.2 Å². The molecule has 0 fully saturated rings. The average Bonchev–Trinajstić information content (AvgIpc) is 2.41. The second-order valence-corrected chi connectivity index (χ2v) is 3.82. The molecule has 0 aliphatic rings. The van der Waals surface area contributed by atoms with Gasteiger partial charge in [0.2, 0.25) is 0 Å². The van der Waals surface area contributed by atoms with E-state index in [-0.39, 0.29) is 35.3 Å². The van der Waals surface area contributed by atoms with Gasteiger partial charge in [-0.2, -0.15) is 0 Å². The summed E-state index contributed by atoms with van der Waals surface area (Å²) in [7, 11) is 0. The van der Waals surface area contributed by atoms with Crippen LogP contribution in [0, 0.1) is 0 Å². The quantitative estimate of drug-likeness (QED) is 0.344. The number of carboxylic acids is 4. The Hall–Kier alpha value is -2.30. The number of hydrogen-bond acceptors (Lipinski definition) is 8. The number of hydrogen-bond donors (Lipinski definition) is 2. The topological polar surface area (TPSA) is 173 Å². The predicted octanol–water partition coefficient (Wildman–Crippen LogP) is -5.90. The van der Waals surface area contributed by atoms with Crippen molar-refractivity contribution in [3.8, 4) is 11.5 Å². The molecule has 0 bridgehead atoms. The molecule has 10 nitrogen and oxygen atoms in total. The molecule has 0 radical (unpaired) electrons. The van der Waals surface area contributed by atoms with Gasteiger partial charge in [0.1, 0.15) is 18.1 Å². The second kappa shape index (κ2) is 8.98. The zero-order valence-electron chi connectivity index (χ0n) is 11.7. The molecule has 0 spiro atoms. The maximum Gasteiger partial charge on any atom is 1.00 e. The first-order chi connectivity index (χ1) is 10.2. The van der Waals surface area contributed by atoms with E-state index in [1.54, 1.807) is 0 Å². The van der Waals surface area contributed by atoms with Crippen LogP contribution in [0.4, 0.5) is 0 Å². The molecule has 23 heavy (non-hydrogen) atoms. The number of aromatic carboxylic acids is 1. The van der Waals surface area contributed by atoms with Crippen molar-refractivity contribution in [2.45, 2.75) is 6.10 Å². The number of ether oxygens (including phenoxy) is 2. The standard InChI is InChI=1S/C12H10O10.Na/c13-8(14)4-21-6-1-5(10(15)16)2-7(3-6)22-9(11(17)18)12(19)20;/h1-3,9H,4H2,(H,13,14)(H,15,16)(H,17,18)(H,19,20);/q;+1/p-2. The van der Waals surface area contributed by atoms with Gasteiger partial charge in [-0.15, -0.1) is 0 Å². The monoisotopic (exact) mass is 335 g/mol. The van der Waals surface area contributed by atoms with Gasteiger partial charge < -0.3 is 39.5 Å². The van der Waals surface area contributed by atoms with Gasteiger partial charge in [-0.25, -0.2) is 9.59 Å². The fraction of sp³-hybridized carbons (Fsp3) is 0.167. The Balaban J connectivity index is 0.00000484.